The van der Waals surface area contributed by atoms with Crippen LogP contribution in [0.15, 0.2) is 30.6 Å². The number of rotatable bonds is 4. The van der Waals surface area contributed by atoms with Crippen LogP contribution in [0.4, 0.5) is 0 Å². The van der Waals surface area contributed by atoms with Gasteiger partial charge in [-0.25, -0.2) is 0 Å². The monoisotopic (exact) mass is 313 g/mol. The molecule has 0 unspecified atom stereocenters. The zero-order chi connectivity index (χ0) is 16.7. The van der Waals surface area contributed by atoms with E-state index in [2.05, 4.69) is 62.2 Å². The van der Waals surface area contributed by atoms with Crippen LogP contribution in [0.3, 0.4) is 0 Å². The fourth-order valence-electron chi connectivity index (χ4n) is 2.66. The zero-order valence-corrected chi connectivity index (χ0v) is 14.5. The number of nitrogens with zero attached hydrogens (tertiary/aromatic N) is 3. The molecule has 0 N–H and O–H groups in total. The summed E-state index contributed by atoms with van der Waals surface area (Å²) in [7, 11) is 1.66. The highest BCUT2D eigenvalue weighted by Crippen LogP contribution is 2.36. The number of benzene rings is 1. The molecular formula is C17H24BN3O2. The summed E-state index contributed by atoms with van der Waals surface area (Å²) in [6.45, 7) is 8.30. The first-order chi connectivity index (χ1) is 10.8. The van der Waals surface area contributed by atoms with Crippen LogP contribution in [0.5, 0.6) is 0 Å². The topological polar surface area (TPSA) is 49.2 Å². The van der Waals surface area contributed by atoms with E-state index >= 15 is 0 Å². The van der Waals surface area contributed by atoms with E-state index in [4.69, 9.17) is 9.31 Å². The normalized spacial score (nSPS) is 19.3. The van der Waals surface area contributed by atoms with E-state index in [1.807, 2.05) is 11.6 Å². The Labute approximate surface area is 138 Å². The summed E-state index contributed by atoms with van der Waals surface area (Å²) in [5.74, 6) is 0.992. The molecule has 1 fully saturated rings. The lowest BCUT2D eigenvalue weighted by atomic mass is 9.78. The summed E-state index contributed by atoms with van der Waals surface area (Å²) in [6.07, 6.45) is 3.51. The van der Waals surface area contributed by atoms with Crippen LogP contribution in [-0.2, 0) is 29.2 Å². The van der Waals surface area contributed by atoms with Crippen LogP contribution in [0.25, 0.3) is 0 Å². The van der Waals surface area contributed by atoms with Gasteiger partial charge in [0.05, 0.1) is 11.2 Å². The molecule has 1 aromatic heterocycles. The van der Waals surface area contributed by atoms with Crippen molar-refractivity contribution in [2.75, 3.05) is 0 Å². The zero-order valence-electron chi connectivity index (χ0n) is 14.5. The maximum Gasteiger partial charge on any atom is 0.494 e. The van der Waals surface area contributed by atoms with Gasteiger partial charge in [-0.3, -0.25) is 0 Å². The maximum atomic E-state index is 6.13. The molecule has 0 amide bonds. The Morgan fingerprint density at radius 3 is 2.39 bits per heavy atom. The summed E-state index contributed by atoms with van der Waals surface area (Å²) < 4.78 is 14.2. The van der Waals surface area contributed by atoms with E-state index in [1.54, 1.807) is 6.33 Å². The van der Waals surface area contributed by atoms with Crippen LogP contribution < -0.4 is 5.46 Å². The second kappa shape index (κ2) is 5.76. The summed E-state index contributed by atoms with van der Waals surface area (Å²) in [4.78, 5) is 0. The number of hydrogen-bond acceptors (Lipinski definition) is 4. The molecule has 0 aliphatic carbocycles. The lowest BCUT2D eigenvalue weighted by Crippen LogP contribution is -2.41. The van der Waals surface area contributed by atoms with Crippen molar-refractivity contribution >= 4 is 12.6 Å². The molecule has 0 spiro atoms. The fraction of sp³-hybridized carbons (Fsp3) is 0.529. The van der Waals surface area contributed by atoms with Crippen LogP contribution in [0.2, 0.25) is 0 Å². The Balaban J connectivity index is 1.72. The predicted octanol–water partition coefficient (Wildman–Crippen LogP) is 1.90. The molecule has 1 aliphatic rings. The molecule has 2 heterocycles. The van der Waals surface area contributed by atoms with Gasteiger partial charge < -0.3 is 13.9 Å². The maximum absolute atomic E-state index is 6.13. The molecule has 1 saturated heterocycles. The van der Waals surface area contributed by atoms with Gasteiger partial charge in [-0.05, 0) is 45.1 Å². The third-order valence-electron chi connectivity index (χ3n) is 4.92. The SMILES string of the molecule is Cn1cnnc1CCc1cccc(B2OC(C)(C)C(C)(C)O2)c1. The molecule has 0 bridgehead atoms. The lowest BCUT2D eigenvalue weighted by molar-refractivity contribution is 0.00578. The molecule has 6 heteroatoms. The second-order valence-electron chi connectivity index (χ2n) is 7.19. The highest BCUT2D eigenvalue weighted by Gasteiger charge is 2.51. The number of aromatic nitrogens is 3. The van der Waals surface area contributed by atoms with Crippen molar-refractivity contribution in [3.8, 4) is 0 Å². The lowest BCUT2D eigenvalue weighted by Gasteiger charge is -2.32. The van der Waals surface area contributed by atoms with Gasteiger partial charge in [0, 0.05) is 13.5 Å². The van der Waals surface area contributed by atoms with Gasteiger partial charge in [-0.15, -0.1) is 10.2 Å². The van der Waals surface area contributed by atoms with Crippen molar-refractivity contribution in [1.29, 1.82) is 0 Å². The van der Waals surface area contributed by atoms with E-state index < -0.39 is 0 Å². The molecule has 5 nitrogen and oxygen atoms in total. The summed E-state index contributed by atoms with van der Waals surface area (Å²) in [6, 6.07) is 8.42. The van der Waals surface area contributed by atoms with Crippen molar-refractivity contribution in [2.24, 2.45) is 7.05 Å². The first kappa shape index (κ1) is 16.2. The molecule has 3 rings (SSSR count). The minimum atomic E-state index is -0.313. The van der Waals surface area contributed by atoms with Crippen molar-refractivity contribution in [2.45, 2.75) is 51.7 Å². The van der Waals surface area contributed by atoms with Gasteiger partial charge >= 0.3 is 7.12 Å². The van der Waals surface area contributed by atoms with Gasteiger partial charge in [0.25, 0.3) is 0 Å². The average molecular weight is 313 g/mol. The van der Waals surface area contributed by atoms with E-state index in [0.29, 0.717) is 0 Å². The standard InChI is InChI=1S/C17H24BN3O2/c1-16(2)17(3,4)23-18(22-16)14-8-6-7-13(11-14)9-10-15-20-19-12-21(15)5/h6-8,11-12H,9-10H2,1-5H3. The minimum Gasteiger partial charge on any atom is -0.399 e. The quantitative estimate of drug-likeness (QED) is 0.809. The molecule has 2 aromatic rings. The molecule has 0 atom stereocenters. The van der Waals surface area contributed by atoms with Crippen molar-refractivity contribution in [1.82, 2.24) is 14.8 Å². The summed E-state index contributed by atoms with van der Waals surface area (Å²) in [5, 5.41) is 8.05. The minimum absolute atomic E-state index is 0.310. The smallest absolute Gasteiger partial charge is 0.399 e. The average Bonchev–Trinajstić information content (AvgIpc) is 2.98. The van der Waals surface area contributed by atoms with E-state index in [1.165, 1.54) is 5.56 Å². The Bertz CT molecular complexity index is 681. The summed E-state index contributed by atoms with van der Waals surface area (Å²) in [5.41, 5.74) is 1.69. The van der Waals surface area contributed by atoms with Gasteiger partial charge in [-0.2, -0.15) is 0 Å². The highest BCUT2D eigenvalue weighted by atomic mass is 16.7. The fourth-order valence-corrected chi connectivity index (χ4v) is 2.66. The third kappa shape index (κ3) is 3.19. The Morgan fingerprint density at radius 1 is 1.09 bits per heavy atom. The molecule has 1 aliphatic heterocycles. The molecule has 122 valence electrons. The van der Waals surface area contributed by atoms with E-state index in [9.17, 15) is 0 Å². The first-order valence-electron chi connectivity index (χ1n) is 8.06. The molecule has 23 heavy (non-hydrogen) atoms. The number of hydrogen-bond donors (Lipinski definition) is 0. The van der Waals surface area contributed by atoms with Gasteiger partial charge in [0.15, 0.2) is 0 Å². The number of aryl methyl sites for hydroxylation is 3. The van der Waals surface area contributed by atoms with Crippen molar-refractivity contribution < 1.29 is 9.31 Å². The van der Waals surface area contributed by atoms with Crippen LogP contribution >= 0.6 is 0 Å². The van der Waals surface area contributed by atoms with E-state index in [0.717, 1.165) is 24.1 Å². The largest absolute Gasteiger partial charge is 0.494 e. The van der Waals surface area contributed by atoms with Crippen molar-refractivity contribution in [3.63, 3.8) is 0 Å². The Kier molecular flexibility index (Phi) is 4.06. The Morgan fingerprint density at radius 2 is 1.78 bits per heavy atom. The van der Waals surface area contributed by atoms with Crippen LogP contribution in [-0.4, -0.2) is 33.1 Å². The van der Waals surface area contributed by atoms with E-state index in [-0.39, 0.29) is 18.3 Å². The highest BCUT2D eigenvalue weighted by molar-refractivity contribution is 6.62. The third-order valence-corrected chi connectivity index (χ3v) is 4.92. The van der Waals surface area contributed by atoms with Gasteiger partial charge in [-0.1, -0.05) is 24.3 Å². The second-order valence-corrected chi connectivity index (χ2v) is 7.19. The molecular weight excluding hydrogens is 289 g/mol. The molecule has 1 aromatic carbocycles. The Hall–Kier alpha value is -1.66. The van der Waals surface area contributed by atoms with Gasteiger partial charge in [0.2, 0.25) is 0 Å². The predicted molar refractivity (Wildman–Crippen MR) is 90.6 cm³/mol. The molecule has 0 radical (unpaired) electrons. The van der Waals surface area contributed by atoms with Crippen LogP contribution in [0.1, 0.15) is 39.1 Å². The van der Waals surface area contributed by atoms with Crippen molar-refractivity contribution in [3.05, 3.63) is 42.0 Å². The first-order valence-corrected chi connectivity index (χ1v) is 8.06. The molecule has 0 saturated carbocycles. The van der Waals surface area contributed by atoms with Gasteiger partial charge in [0.1, 0.15) is 12.2 Å². The summed E-state index contributed by atoms with van der Waals surface area (Å²) >= 11 is 0. The van der Waals surface area contributed by atoms with Crippen LogP contribution in [0, 0.1) is 0 Å².